The highest BCUT2D eigenvalue weighted by molar-refractivity contribution is 5.94. The summed E-state index contributed by atoms with van der Waals surface area (Å²) in [5.74, 6) is 1.37. The minimum atomic E-state index is -0.0430. The van der Waals surface area contributed by atoms with Crippen LogP contribution in [0, 0.1) is 0 Å². The lowest BCUT2D eigenvalue weighted by Gasteiger charge is -2.19. The minimum Gasteiger partial charge on any atom is -0.497 e. The summed E-state index contributed by atoms with van der Waals surface area (Å²) in [7, 11) is 5.00. The Morgan fingerprint density at radius 2 is 1.89 bits per heavy atom. The molecule has 0 atom stereocenters. The highest BCUT2D eigenvalue weighted by atomic mass is 16.5. The van der Waals surface area contributed by atoms with Gasteiger partial charge in [0.25, 0.3) is 5.91 Å². The number of nitrogens with zero attached hydrogens (tertiary/aromatic N) is 3. The van der Waals surface area contributed by atoms with Crippen molar-refractivity contribution in [3.63, 3.8) is 0 Å². The molecule has 1 aromatic heterocycles. The summed E-state index contributed by atoms with van der Waals surface area (Å²) >= 11 is 0. The third-order valence-electron chi connectivity index (χ3n) is 4.35. The molecule has 0 saturated heterocycles. The lowest BCUT2D eigenvalue weighted by atomic mass is 10.1. The molecule has 0 aliphatic carbocycles. The van der Waals surface area contributed by atoms with Crippen LogP contribution in [0.2, 0.25) is 0 Å². The molecule has 0 spiro atoms. The minimum absolute atomic E-state index is 0.0430. The molecule has 0 saturated carbocycles. The molecule has 140 valence electrons. The quantitative estimate of drug-likeness (QED) is 0.645. The number of methoxy groups -OCH3 is 2. The number of carbonyl (C=O) groups excluding carboxylic acids is 1. The maximum Gasteiger partial charge on any atom is 0.253 e. The highest BCUT2D eigenvalue weighted by Crippen LogP contribution is 2.25. The van der Waals surface area contributed by atoms with Crippen LogP contribution < -0.4 is 9.47 Å². The van der Waals surface area contributed by atoms with Crippen LogP contribution >= 0.6 is 0 Å². The highest BCUT2D eigenvalue weighted by Gasteiger charge is 2.15. The van der Waals surface area contributed by atoms with Crippen LogP contribution in [-0.2, 0) is 13.1 Å². The van der Waals surface area contributed by atoms with Crippen molar-refractivity contribution in [2.24, 2.45) is 0 Å². The van der Waals surface area contributed by atoms with Crippen LogP contribution in [0.3, 0.4) is 0 Å². The molecular weight excluding hydrogens is 342 g/mol. The van der Waals surface area contributed by atoms with E-state index in [-0.39, 0.29) is 5.91 Å². The lowest BCUT2D eigenvalue weighted by molar-refractivity contribution is 0.0784. The average Bonchev–Trinajstić information content (AvgIpc) is 3.21. The Balaban J connectivity index is 1.68. The first-order valence-corrected chi connectivity index (χ1v) is 8.63. The van der Waals surface area contributed by atoms with Gasteiger partial charge in [-0.1, -0.05) is 12.1 Å². The van der Waals surface area contributed by atoms with Gasteiger partial charge in [-0.15, -0.1) is 0 Å². The second-order valence-electron chi connectivity index (χ2n) is 6.24. The van der Waals surface area contributed by atoms with Gasteiger partial charge in [0.1, 0.15) is 11.5 Å². The topological polar surface area (TPSA) is 56.6 Å². The van der Waals surface area contributed by atoms with Gasteiger partial charge in [-0.25, -0.2) is 0 Å². The molecule has 1 amide bonds. The van der Waals surface area contributed by atoms with E-state index in [1.807, 2.05) is 59.4 Å². The van der Waals surface area contributed by atoms with Gasteiger partial charge < -0.3 is 14.4 Å². The molecule has 27 heavy (non-hydrogen) atoms. The van der Waals surface area contributed by atoms with Crippen molar-refractivity contribution in [2.75, 3.05) is 21.3 Å². The largest absolute Gasteiger partial charge is 0.497 e. The van der Waals surface area contributed by atoms with Crippen LogP contribution in [0.15, 0.2) is 60.9 Å². The second kappa shape index (κ2) is 8.40. The summed E-state index contributed by atoms with van der Waals surface area (Å²) < 4.78 is 12.5. The van der Waals surface area contributed by atoms with Gasteiger partial charge in [0, 0.05) is 43.2 Å². The fraction of sp³-hybridized carbons (Fsp3) is 0.238. The van der Waals surface area contributed by atoms with Crippen molar-refractivity contribution in [3.05, 3.63) is 77.6 Å². The molecule has 3 aromatic rings. The van der Waals surface area contributed by atoms with Crippen molar-refractivity contribution in [1.29, 1.82) is 0 Å². The number of benzene rings is 2. The molecule has 6 nitrogen and oxygen atoms in total. The van der Waals surface area contributed by atoms with E-state index in [0.29, 0.717) is 24.4 Å². The van der Waals surface area contributed by atoms with Gasteiger partial charge in [-0.3, -0.25) is 9.48 Å². The molecule has 0 unspecified atom stereocenters. The molecule has 2 aromatic carbocycles. The Labute approximate surface area is 158 Å². The summed E-state index contributed by atoms with van der Waals surface area (Å²) in [5, 5.41) is 4.19. The van der Waals surface area contributed by atoms with Gasteiger partial charge in [0.05, 0.1) is 20.8 Å². The number of hydrogen-bond acceptors (Lipinski definition) is 4. The normalized spacial score (nSPS) is 10.5. The van der Waals surface area contributed by atoms with Crippen LogP contribution in [-0.4, -0.2) is 41.9 Å². The van der Waals surface area contributed by atoms with E-state index in [2.05, 4.69) is 5.10 Å². The third kappa shape index (κ3) is 4.47. The maximum atomic E-state index is 12.7. The van der Waals surface area contributed by atoms with Crippen LogP contribution in [0.5, 0.6) is 11.5 Å². The van der Waals surface area contributed by atoms with E-state index in [0.717, 1.165) is 16.9 Å². The molecular formula is C21H23N3O3. The number of amides is 1. The Morgan fingerprint density at radius 1 is 1.11 bits per heavy atom. The number of rotatable bonds is 7. The zero-order valence-electron chi connectivity index (χ0n) is 15.8. The summed E-state index contributed by atoms with van der Waals surface area (Å²) in [6, 6.07) is 15.1. The Bertz CT molecular complexity index is 890. The van der Waals surface area contributed by atoms with Crippen molar-refractivity contribution in [1.82, 2.24) is 14.7 Å². The second-order valence-corrected chi connectivity index (χ2v) is 6.24. The first-order valence-electron chi connectivity index (χ1n) is 8.63. The first-order chi connectivity index (χ1) is 13.1. The summed E-state index contributed by atoms with van der Waals surface area (Å²) in [4.78, 5) is 14.4. The van der Waals surface area contributed by atoms with Gasteiger partial charge in [-0.2, -0.15) is 5.10 Å². The van der Waals surface area contributed by atoms with Gasteiger partial charge in [0.2, 0.25) is 0 Å². The van der Waals surface area contributed by atoms with Gasteiger partial charge in [0.15, 0.2) is 0 Å². The zero-order valence-corrected chi connectivity index (χ0v) is 15.8. The summed E-state index contributed by atoms with van der Waals surface area (Å²) in [5.41, 5.74) is 2.66. The Hall–Kier alpha value is -3.28. The predicted molar refractivity (Wildman–Crippen MR) is 103 cm³/mol. The zero-order chi connectivity index (χ0) is 19.2. The Kier molecular flexibility index (Phi) is 5.76. The van der Waals surface area contributed by atoms with E-state index in [9.17, 15) is 4.79 Å². The SMILES string of the molecule is COc1ccc(CN(C)C(=O)c2ccc(Cn3cccn3)cc2)c(OC)c1. The maximum absolute atomic E-state index is 12.7. The smallest absolute Gasteiger partial charge is 0.253 e. The summed E-state index contributed by atoms with van der Waals surface area (Å²) in [6.45, 7) is 1.13. The molecule has 0 bridgehead atoms. The van der Waals surface area contributed by atoms with E-state index >= 15 is 0 Å². The molecule has 0 radical (unpaired) electrons. The van der Waals surface area contributed by atoms with E-state index in [4.69, 9.17) is 9.47 Å². The molecule has 1 heterocycles. The van der Waals surface area contributed by atoms with Crippen LogP contribution in [0.25, 0.3) is 0 Å². The van der Waals surface area contributed by atoms with Crippen molar-refractivity contribution >= 4 is 5.91 Å². The third-order valence-corrected chi connectivity index (χ3v) is 4.35. The van der Waals surface area contributed by atoms with Gasteiger partial charge >= 0.3 is 0 Å². The number of carbonyl (C=O) groups is 1. The standard InChI is InChI=1S/C21H23N3O3/c1-23(15-18-9-10-19(26-2)13-20(18)27-3)21(25)17-7-5-16(6-8-17)14-24-12-4-11-22-24/h4-13H,14-15H2,1-3H3. The monoisotopic (exact) mass is 365 g/mol. The molecule has 3 rings (SSSR count). The predicted octanol–water partition coefficient (Wildman–Crippen LogP) is 3.22. The molecule has 0 fully saturated rings. The fourth-order valence-corrected chi connectivity index (χ4v) is 2.86. The molecule has 0 N–H and O–H groups in total. The number of ether oxygens (including phenoxy) is 2. The van der Waals surface area contributed by atoms with E-state index in [1.54, 1.807) is 32.4 Å². The molecule has 0 aliphatic rings. The molecule has 6 heteroatoms. The van der Waals surface area contributed by atoms with E-state index < -0.39 is 0 Å². The van der Waals surface area contributed by atoms with Gasteiger partial charge in [-0.05, 0) is 35.9 Å². The number of hydrogen-bond donors (Lipinski definition) is 0. The average molecular weight is 365 g/mol. The Morgan fingerprint density at radius 3 is 2.52 bits per heavy atom. The van der Waals surface area contributed by atoms with E-state index in [1.165, 1.54) is 0 Å². The van der Waals surface area contributed by atoms with Crippen molar-refractivity contribution in [3.8, 4) is 11.5 Å². The van der Waals surface area contributed by atoms with Crippen molar-refractivity contribution < 1.29 is 14.3 Å². The van der Waals surface area contributed by atoms with Crippen LogP contribution in [0.1, 0.15) is 21.5 Å². The van der Waals surface area contributed by atoms with Crippen LogP contribution in [0.4, 0.5) is 0 Å². The number of aromatic nitrogens is 2. The lowest BCUT2D eigenvalue weighted by Crippen LogP contribution is -2.26. The fourth-order valence-electron chi connectivity index (χ4n) is 2.86. The summed E-state index contributed by atoms with van der Waals surface area (Å²) in [6.07, 6.45) is 3.66. The first kappa shape index (κ1) is 18.5. The molecule has 0 aliphatic heterocycles. The van der Waals surface area contributed by atoms with Crippen molar-refractivity contribution in [2.45, 2.75) is 13.1 Å².